The number of benzene rings is 2. The summed E-state index contributed by atoms with van der Waals surface area (Å²) in [5.41, 5.74) is 1.63. The number of ether oxygens (including phenoxy) is 1. The second kappa shape index (κ2) is 12.6. The van der Waals surface area contributed by atoms with E-state index in [0.29, 0.717) is 37.1 Å². The monoisotopic (exact) mass is 503 g/mol. The number of hydrogen-bond donors (Lipinski definition) is 2. The molecule has 2 atom stereocenters. The summed E-state index contributed by atoms with van der Waals surface area (Å²) < 4.78 is 57.6. The molecule has 36 heavy (non-hydrogen) atoms. The van der Waals surface area contributed by atoms with Crippen molar-refractivity contribution in [3.8, 4) is 0 Å². The van der Waals surface area contributed by atoms with Gasteiger partial charge in [0.25, 0.3) is 0 Å². The van der Waals surface area contributed by atoms with Gasteiger partial charge in [0.15, 0.2) is 0 Å². The minimum absolute atomic E-state index is 0.252. The largest absolute Gasteiger partial charge is 0.433 e. The van der Waals surface area contributed by atoms with Crippen molar-refractivity contribution in [1.29, 1.82) is 0 Å². The Morgan fingerprint density at radius 3 is 2.42 bits per heavy atom. The molecule has 1 amide bonds. The maximum absolute atomic E-state index is 14.0. The zero-order chi connectivity index (χ0) is 26.1. The number of hydrogen-bond acceptors (Lipinski definition) is 4. The van der Waals surface area contributed by atoms with Gasteiger partial charge in [0.1, 0.15) is 17.6 Å². The van der Waals surface area contributed by atoms with Crippen LogP contribution in [0.25, 0.3) is 0 Å². The third-order valence-corrected chi connectivity index (χ3v) is 5.79. The molecule has 3 rings (SSSR count). The van der Waals surface area contributed by atoms with Gasteiger partial charge in [0.05, 0.1) is 6.61 Å². The van der Waals surface area contributed by atoms with Crippen LogP contribution in [0.2, 0.25) is 0 Å². The predicted molar refractivity (Wildman–Crippen MR) is 129 cm³/mol. The molecule has 0 saturated heterocycles. The fourth-order valence-electron chi connectivity index (χ4n) is 3.83. The third-order valence-electron chi connectivity index (χ3n) is 5.79. The standard InChI is InChI=1S/C27H29F4N3O2/c1-18-16-21(10-11-22(18)28)23(12-8-19-9-13-24(33-17-19)27(29,30)31)34-25(20-6-4-3-5-7-20)26(35)32-14-15-36-2/h3-7,9-11,13,16-17,23,25,34H,8,12,14-15H2,1-2H3,(H,32,35)/t23-,25?/m1/s1. The van der Waals surface area contributed by atoms with Gasteiger partial charge in [-0.3, -0.25) is 15.1 Å². The summed E-state index contributed by atoms with van der Waals surface area (Å²) in [7, 11) is 1.54. The Morgan fingerprint density at radius 2 is 1.81 bits per heavy atom. The van der Waals surface area contributed by atoms with Crippen molar-refractivity contribution in [3.05, 3.63) is 101 Å². The first-order chi connectivity index (χ1) is 17.2. The Labute approximate surface area is 207 Å². The fraction of sp³-hybridized carbons (Fsp3) is 0.333. The normalized spacial score (nSPS) is 13.3. The Hall–Kier alpha value is -3.30. The summed E-state index contributed by atoms with van der Waals surface area (Å²) >= 11 is 0. The van der Waals surface area contributed by atoms with Gasteiger partial charge in [0, 0.05) is 25.9 Å². The van der Waals surface area contributed by atoms with Crippen LogP contribution in [0.3, 0.4) is 0 Å². The van der Waals surface area contributed by atoms with Crippen LogP contribution >= 0.6 is 0 Å². The Morgan fingerprint density at radius 1 is 1.06 bits per heavy atom. The summed E-state index contributed by atoms with van der Waals surface area (Å²) in [5.74, 6) is -0.598. The van der Waals surface area contributed by atoms with E-state index < -0.39 is 24.0 Å². The lowest BCUT2D eigenvalue weighted by atomic mass is 9.95. The van der Waals surface area contributed by atoms with Crippen LogP contribution in [0, 0.1) is 12.7 Å². The number of methoxy groups -OCH3 is 1. The Balaban J connectivity index is 1.86. The molecule has 0 fully saturated rings. The first-order valence-corrected chi connectivity index (χ1v) is 11.5. The highest BCUT2D eigenvalue weighted by atomic mass is 19.4. The molecule has 1 heterocycles. The van der Waals surface area contributed by atoms with Gasteiger partial charge in [-0.2, -0.15) is 13.2 Å². The minimum atomic E-state index is -4.51. The number of rotatable bonds is 11. The van der Waals surface area contributed by atoms with E-state index in [4.69, 9.17) is 4.74 Å². The van der Waals surface area contributed by atoms with Gasteiger partial charge in [0.2, 0.25) is 5.91 Å². The van der Waals surface area contributed by atoms with Crippen molar-refractivity contribution in [2.45, 2.75) is 38.0 Å². The number of amides is 1. The lowest BCUT2D eigenvalue weighted by molar-refractivity contribution is -0.141. The van der Waals surface area contributed by atoms with Crippen LogP contribution in [-0.2, 0) is 22.1 Å². The molecule has 0 bridgehead atoms. The van der Waals surface area contributed by atoms with Gasteiger partial charge in [-0.15, -0.1) is 0 Å². The fourth-order valence-corrected chi connectivity index (χ4v) is 3.83. The molecular formula is C27H29F4N3O2. The lowest BCUT2D eigenvalue weighted by Gasteiger charge is -2.27. The number of aromatic nitrogens is 1. The number of alkyl halides is 3. The topological polar surface area (TPSA) is 63.2 Å². The summed E-state index contributed by atoms with van der Waals surface area (Å²) in [6, 6.07) is 15.1. The zero-order valence-corrected chi connectivity index (χ0v) is 20.1. The Bertz CT molecular complexity index is 1120. The van der Waals surface area contributed by atoms with Crippen LogP contribution in [0.4, 0.5) is 17.6 Å². The number of halogens is 4. The van der Waals surface area contributed by atoms with Crippen LogP contribution in [0.5, 0.6) is 0 Å². The van der Waals surface area contributed by atoms with Crippen molar-refractivity contribution >= 4 is 5.91 Å². The molecule has 1 unspecified atom stereocenters. The van der Waals surface area contributed by atoms with Crippen molar-refractivity contribution in [2.24, 2.45) is 0 Å². The Kier molecular flexibility index (Phi) is 9.55. The van der Waals surface area contributed by atoms with Crippen molar-refractivity contribution in [2.75, 3.05) is 20.3 Å². The highest BCUT2D eigenvalue weighted by Crippen LogP contribution is 2.29. The van der Waals surface area contributed by atoms with Gasteiger partial charge in [-0.25, -0.2) is 4.39 Å². The molecule has 3 aromatic rings. The van der Waals surface area contributed by atoms with Crippen molar-refractivity contribution in [1.82, 2.24) is 15.6 Å². The maximum Gasteiger partial charge on any atom is 0.433 e. The average molecular weight is 504 g/mol. The molecule has 9 heteroatoms. The van der Waals surface area contributed by atoms with E-state index >= 15 is 0 Å². The highest BCUT2D eigenvalue weighted by Gasteiger charge is 2.32. The van der Waals surface area contributed by atoms with Crippen LogP contribution in [-0.4, -0.2) is 31.2 Å². The molecule has 0 aliphatic carbocycles. The molecule has 0 saturated carbocycles. The van der Waals surface area contributed by atoms with E-state index in [9.17, 15) is 22.4 Å². The lowest BCUT2D eigenvalue weighted by Crippen LogP contribution is -2.40. The summed E-state index contributed by atoms with van der Waals surface area (Å²) in [6.45, 7) is 2.34. The molecular weight excluding hydrogens is 474 g/mol. The summed E-state index contributed by atoms with van der Waals surface area (Å²) in [6.07, 6.45) is -2.46. The molecule has 1 aromatic heterocycles. The van der Waals surface area contributed by atoms with Crippen molar-refractivity contribution in [3.63, 3.8) is 0 Å². The SMILES string of the molecule is COCCNC(=O)C(N[C@H](CCc1ccc(C(F)(F)F)nc1)c1ccc(F)c(C)c1)c1ccccc1. The average Bonchev–Trinajstić information content (AvgIpc) is 2.86. The van der Waals surface area contributed by atoms with Crippen LogP contribution in [0.15, 0.2) is 66.9 Å². The van der Waals surface area contributed by atoms with Gasteiger partial charge < -0.3 is 10.1 Å². The number of nitrogens with one attached hydrogen (secondary N) is 2. The second-order valence-electron chi connectivity index (χ2n) is 8.44. The van der Waals surface area contributed by atoms with Gasteiger partial charge in [-0.05, 0) is 54.2 Å². The number of aryl methyl sites for hydroxylation is 2. The molecule has 0 aliphatic rings. The number of carbonyl (C=O) groups is 1. The van der Waals surface area contributed by atoms with E-state index in [2.05, 4.69) is 15.6 Å². The zero-order valence-electron chi connectivity index (χ0n) is 20.1. The quantitative estimate of drug-likeness (QED) is 0.275. The van der Waals surface area contributed by atoms with E-state index in [1.165, 1.54) is 18.3 Å². The van der Waals surface area contributed by atoms with E-state index in [1.807, 2.05) is 30.3 Å². The molecule has 0 radical (unpaired) electrons. The van der Waals surface area contributed by atoms with E-state index in [-0.39, 0.29) is 11.7 Å². The van der Waals surface area contributed by atoms with Gasteiger partial charge >= 0.3 is 6.18 Å². The number of pyridine rings is 1. The van der Waals surface area contributed by atoms with Gasteiger partial charge in [-0.1, -0.05) is 48.5 Å². The third kappa shape index (κ3) is 7.60. The van der Waals surface area contributed by atoms with E-state index in [0.717, 1.165) is 17.2 Å². The molecule has 5 nitrogen and oxygen atoms in total. The smallest absolute Gasteiger partial charge is 0.383 e. The molecule has 2 aromatic carbocycles. The van der Waals surface area contributed by atoms with Crippen molar-refractivity contribution < 1.29 is 27.1 Å². The molecule has 0 spiro atoms. The van der Waals surface area contributed by atoms with Crippen LogP contribution in [0.1, 0.15) is 46.5 Å². The molecule has 2 N–H and O–H groups in total. The summed E-state index contributed by atoms with van der Waals surface area (Å²) in [4.78, 5) is 16.6. The van der Waals surface area contributed by atoms with Crippen LogP contribution < -0.4 is 10.6 Å². The first kappa shape index (κ1) is 27.3. The first-order valence-electron chi connectivity index (χ1n) is 11.5. The minimum Gasteiger partial charge on any atom is -0.383 e. The molecule has 0 aliphatic heterocycles. The number of nitrogens with zero attached hydrogens (tertiary/aromatic N) is 1. The van der Waals surface area contributed by atoms with E-state index in [1.54, 1.807) is 26.2 Å². The number of carbonyl (C=O) groups excluding carboxylic acids is 1. The summed E-state index contributed by atoms with van der Waals surface area (Å²) in [5, 5.41) is 6.24. The second-order valence-corrected chi connectivity index (χ2v) is 8.44. The maximum atomic E-state index is 14.0. The molecule has 192 valence electrons. The highest BCUT2D eigenvalue weighted by molar-refractivity contribution is 5.83. The predicted octanol–water partition coefficient (Wildman–Crippen LogP) is 5.32.